The summed E-state index contributed by atoms with van der Waals surface area (Å²) in [6.07, 6.45) is 0.527. The van der Waals surface area contributed by atoms with Crippen LogP contribution in [0.25, 0.3) is 0 Å². The molecule has 0 aliphatic carbocycles. The zero-order valence-electron chi connectivity index (χ0n) is 9.34. The van der Waals surface area contributed by atoms with Crippen LogP contribution in [-0.4, -0.2) is 40.1 Å². The lowest BCUT2D eigenvalue weighted by atomic mass is 9.89. The standard InChI is InChI=1S/C9H13N5O3/c1-9(8(11)16)2-3-14(4-9)7(15)5-6(10)13-17-12-5/h2-4H2,1H3,(H2,10,13)(H2,11,16). The van der Waals surface area contributed by atoms with Crippen LogP contribution < -0.4 is 11.5 Å². The summed E-state index contributed by atoms with van der Waals surface area (Å²) in [4.78, 5) is 24.7. The number of hydrogen-bond donors (Lipinski definition) is 2. The van der Waals surface area contributed by atoms with Gasteiger partial charge in [0.2, 0.25) is 17.4 Å². The summed E-state index contributed by atoms with van der Waals surface area (Å²) in [7, 11) is 0. The van der Waals surface area contributed by atoms with Crippen molar-refractivity contribution in [1.29, 1.82) is 0 Å². The second kappa shape index (κ2) is 3.72. The summed E-state index contributed by atoms with van der Waals surface area (Å²) >= 11 is 0. The Balaban J connectivity index is 2.15. The van der Waals surface area contributed by atoms with E-state index in [0.29, 0.717) is 13.0 Å². The topological polar surface area (TPSA) is 128 Å². The van der Waals surface area contributed by atoms with Gasteiger partial charge in [-0.15, -0.1) is 0 Å². The average molecular weight is 239 g/mol. The molecule has 17 heavy (non-hydrogen) atoms. The van der Waals surface area contributed by atoms with Gasteiger partial charge in [-0.25, -0.2) is 4.63 Å². The van der Waals surface area contributed by atoms with Crippen LogP contribution in [0, 0.1) is 5.41 Å². The van der Waals surface area contributed by atoms with E-state index in [1.165, 1.54) is 4.90 Å². The highest BCUT2D eigenvalue weighted by atomic mass is 16.6. The number of anilines is 1. The smallest absolute Gasteiger partial charge is 0.280 e. The number of aromatic nitrogens is 2. The monoisotopic (exact) mass is 239 g/mol. The van der Waals surface area contributed by atoms with E-state index in [4.69, 9.17) is 11.5 Å². The second-order valence-corrected chi connectivity index (χ2v) is 4.40. The minimum absolute atomic E-state index is 0.0290. The number of nitrogen functional groups attached to an aromatic ring is 1. The van der Waals surface area contributed by atoms with Gasteiger partial charge < -0.3 is 16.4 Å². The van der Waals surface area contributed by atoms with Gasteiger partial charge in [-0.05, 0) is 23.7 Å². The number of primary amides is 1. The van der Waals surface area contributed by atoms with Crippen molar-refractivity contribution in [3.8, 4) is 0 Å². The van der Waals surface area contributed by atoms with Crippen LogP contribution in [0.1, 0.15) is 23.8 Å². The number of nitrogens with two attached hydrogens (primary N) is 2. The number of amides is 2. The van der Waals surface area contributed by atoms with Crippen molar-refractivity contribution < 1.29 is 14.2 Å². The average Bonchev–Trinajstić information content (AvgIpc) is 2.85. The molecular formula is C9H13N5O3. The lowest BCUT2D eigenvalue weighted by Gasteiger charge is -2.20. The van der Waals surface area contributed by atoms with Gasteiger partial charge in [0.25, 0.3) is 5.91 Å². The van der Waals surface area contributed by atoms with E-state index in [1.54, 1.807) is 6.92 Å². The molecule has 0 radical (unpaired) electrons. The Bertz CT molecular complexity index is 471. The first-order chi connectivity index (χ1) is 7.94. The normalized spacial score (nSPS) is 23.9. The van der Waals surface area contributed by atoms with E-state index < -0.39 is 17.2 Å². The first kappa shape index (κ1) is 11.4. The van der Waals surface area contributed by atoms with Crippen LogP contribution in [0.3, 0.4) is 0 Å². The largest absolute Gasteiger partial charge is 0.379 e. The first-order valence-electron chi connectivity index (χ1n) is 5.11. The highest BCUT2D eigenvalue weighted by Gasteiger charge is 2.41. The lowest BCUT2D eigenvalue weighted by Crippen LogP contribution is -2.38. The van der Waals surface area contributed by atoms with E-state index in [2.05, 4.69) is 14.9 Å². The Morgan fingerprint density at radius 1 is 1.47 bits per heavy atom. The molecule has 92 valence electrons. The summed E-state index contributed by atoms with van der Waals surface area (Å²) in [5.74, 6) is -0.865. The molecule has 2 rings (SSSR count). The third-order valence-electron chi connectivity index (χ3n) is 3.07. The summed E-state index contributed by atoms with van der Waals surface area (Å²) < 4.78 is 4.36. The van der Waals surface area contributed by atoms with Crippen molar-refractivity contribution in [2.75, 3.05) is 18.8 Å². The molecule has 1 atom stereocenters. The predicted molar refractivity (Wildman–Crippen MR) is 56.5 cm³/mol. The van der Waals surface area contributed by atoms with Gasteiger partial charge in [0, 0.05) is 13.1 Å². The molecule has 8 heteroatoms. The van der Waals surface area contributed by atoms with E-state index in [-0.39, 0.29) is 18.1 Å². The molecule has 0 spiro atoms. The molecule has 0 bridgehead atoms. The predicted octanol–water partition coefficient (Wildman–Crippen LogP) is -1.01. The van der Waals surface area contributed by atoms with Crippen LogP contribution in [0.4, 0.5) is 5.82 Å². The molecule has 8 nitrogen and oxygen atoms in total. The maximum atomic E-state index is 12.0. The van der Waals surface area contributed by atoms with Gasteiger partial charge in [-0.1, -0.05) is 0 Å². The van der Waals surface area contributed by atoms with Crippen LogP contribution in [0.5, 0.6) is 0 Å². The van der Waals surface area contributed by atoms with Crippen molar-refractivity contribution in [1.82, 2.24) is 15.2 Å². The number of hydrogen-bond acceptors (Lipinski definition) is 6. The Kier molecular flexibility index (Phi) is 2.49. The van der Waals surface area contributed by atoms with Crippen molar-refractivity contribution in [2.24, 2.45) is 11.1 Å². The van der Waals surface area contributed by atoms with Crippen LogP contribution in [0.2, 0.25) is 0 Å². The molecule has 1 fully saturated rings. The summed E-state index contributed by atoms with van der Waals surface area (Å²) in [5, 5.41) is 6.77. The highest BCUT2D eigenvalue weighted by Crippen LogP contribution is 2.30. The van der Waals surface area contributed by atoms with Crippen molar-refractivity contribution >= 4 is 17.6 Å². The van der Waals surface area contributed by atoms with Gasteiger partial charge in [0.05, 0.1) is 5.41 Å². The Morgan fingerprint density at radius 2 is 2.18 bits per heavy atom. The van der Waals surface area contributed by atoms with Gasteiger partial charge in [-0.2, -0.15) is 0 Å². The zero-order valence-corrected chi connectivity index (χ0v) is 9.34. The third-order valence-corrected chi connectivity index (χ3v) is 3.07. The van der Waals surface area contributed by atoms with E-state index in [0.717, 1.165) is 0 Å². The number of nitrogens with zero attached hydrogens (tertiary/aromatic N) is 3. The van der Waals surface area contributed by atoms with Crippen molar-refractivity contribution in [3.05, 3.63) is 5.69 Å². The molecule has 2 amide bonds. The SMILES string of the molecule is CC1(C(N)=O)CCN(C(=O)c2nonc2N)C1. The number of carbonyl (C=O) groups is 2. The molecule has 4 N–H and O–H groups in total. The van der Waals surface area contributed by atoms with Gasteiger partial charge >= 0.3 is 0 Å². The molecule has 0 aromatic carbocycles. The minimum Gasteiger partial charge on any atom is -0.379 e. The molecule has 1 unspecified atom stereocenters. The van der Waals surface area contributed by atoms with E-state index in [9.17, 15) is 9.59 Å². The van der Waals surface area contributed by atoms with Gasteiger partial charge in [-0.3, -0.25) is 9.59 Å². The Morgan fingerprint density at radius 3 is 2.65 bits per heavy atom. The Hall–Kier alpha value is -2.12. The Labute approximate surface area is 96.9 Å². The molecule has 1 aliphatic heterocycles. The first-order valence-corrected chi connectivity index (χ1v) is 5.11. The highest BCUT2D eigenvalue weighted by molar-refractivity contribution is 5.96. The molecule has 2 heterocycles. The van der Waals surface area contributed by atoms with Crippen molar-refractivity contribution in [2.45, 2.75) is 13.3 Å². The van der Waals surface area contributed by atoms with Crippen molar-refractivity contribution in [3.63, 3.8) is 0 Å². The fourth-order valence-electron chi connectivity index (χ4n) is 1.83. The maximum absolute atomic E-state index is 12.0. The molecule has 1 saturated heterocycles. The summed E-state index contributed by atoms with van der Waals surface area (Å²) in [5.41, 5.74) is 10.0. The molecular weight excluding hydrogens is 226 g/mol. The third kappa shape index (κ3) is 1.81. The fourth-order valence-corrected chi connectivity index (χ4v) is 1.83. The van der Waals surface area contributed by atoms with Gasteiger partial charge in [0.15, 0.2) is 0 Å². The quantitative estimate of drug-likeness (QED) is 0.680. The second-order valence-electron chi connectivity index (χ2n) is 4.40. The zero-order chi connectivity index (χ0) is 12.6. The molecule has 1 aromatic heterocycles. The van der Waals surface area contributed by atoms with Crippen LogP contribution in [0.15, 0.2) is 4.63 Å². The maximum Gasteiger partial charge on any atom is 0.280 e. The number of carbonyl (C=O) groups excluding carboxylic acids is 2. The fraction of sp³-hybridized carbons (Fsp3) is 0.556. The lowest BCUT2D eigenvalue weighted by molar-refractivity contribution is -0.126. The van der Waals surface area contributed by atoms with Crippen LogP contribution >= 0.6 is 0 Å². The molecule has 1 aromatic rings. The summed E-state index contributed by atoms with van der Waals surface area (Å²) in [6, 6.07) is 0. The molecule has 1 aliphatic rings. The van der Waals surface area contributed by atoms with Gasteiger partial charge in [0.1, 0.15) is 0 Å². The molecule has 0 saturated carbocycles. The van der Waals surface area contributed by atoms with E-state index >= 15 is 0 Å². The van der Waals surface area contributed by atoms with Crippen LogP contribution in [-0.2, 0) is 4.79 Å². The van der Waals surface area contributed by atoms with E-state index in [1.807, 2.05) is 0 Å². The number of rotatable bonds is 2. The summed E-state index contributed by atoms with van der Waals surface area (Å²) in [6.45, 7) is 2.42. The minimum atomic E-state index is -0.693. The number of likely N-dealkylation sites (tertiary alicyclic amines) is 1.